The van der Waals surface area contributed by atoms with Crippen molar-refractivity contribution in [3.63, 3.8) is 0 Å². The first kappa shape index (κ1) is 15.1. The zero-order valence-electron chi connectivity index (χ0n) is 12.1. The Kier molecular flexibility index (Phi) is 4.56. The van der Waals surface area contributed by atoms with Gasteiger partial charge in [0.2, 0.25) is 16.0 Å². The van der Waals surface area contributed by atoms with E-state index in [0.717, 1.165) is 19.5 Å². The van der Waals surface area contributed by atoms with Gasteiger partial charge in [0.25, 0.3) is 0 Å². The largest absolute Gasteiger partial charge is 0.357 e. The molecule has 2 heterocycles. The van der Waals surface area contributed by atoms with Gasteiger partial charge in [-0.1, -0.05) is 0 Å². The van der Waals surface area contributed by atoms with Crippen LogP contribution >= 0.6 is 0 Å². The number of rotatable bonds is 5. The Hall–Kier alpha value is -1.25. The monoisotopic (exact) mass is 299 g/mol. The minimum absolute atomic E-state index is 0.130. The van der Waals surface area contributed by atoms with Gasteiger partial charge < -0.3 is 10.2 Å². The second-order valence-electron chi connectivity index (χ2n) is 5.19. The summed E-state index contributed by atoms with van der Waals surface area (Å²) in [7, 11) is 1.84. The minimum Gasteiger partial charge on any atom is -0.357 e. The summed E-state index contributed by atoms with van der Waals surface area (Å²) in [4.78, 5) is 10.3. The average molecular weight is 299 g/mol. The molecule has 2 rings (SSSR count). The first-order valence-electron chi connectivity index (χ1n) is 6.58. The van der Waals surface area contributed by atoms with Crippen molar-refractivity contribution in [2.24, 2.45) is 5.92 Å². The van der Waals surface area contributed by atoms with Crippen molar-refractivity contribution in [2.45, 2.75) is 11.3 Å². The third-order valence-electron chi connectivity index (χ3n) is 3.56. The minimum atomic E-state index is -3.51. The SMILES string of the molecule is CNc1ncc(S(=O)(=O)N(C)CC2CCN(C)C2)cn1. The number of anilines is 1. The molecule has 0 spiro atoms. The zero-order chi connectivity index (χ0) is 14.8. The van der Waals surface area contributed by atoms with Gasteiger partial charge in [-0.05, 0) is 25.9 Å². The number of likely N-dealkylation sites (tertiary alicyclic amines) is 1. The number of hydrogen-bond donors (Lipinski definition) is 1. The molecule has 1 saturated heterocycles. The Bertz CT molecular complexity index is 545. The van der Waals surface area contributed by atoms with Gasteiger partial charge in [0, 0.05) is 27.2 Å². The summed E-state index contributed by atoms with van der Waals surface area (Å²) < 4.78 is 26.2. The summed E-state index contributed by atoms with van der Waals surface area (Å²) in [6.45, 7) is 2.49. The summed E-state index contributed by atoms with van der Waals surface area (Å²) in [5.74, 6) is 0.793. The van der Waals surface area contributed by atoms with E-state index in [1.807, 2.05) is 0 Å². The maximum atomic E-state index is 12.4. The van der Waals surface area contributed by atoms with Crippen molar-refractivity contribution in [3.8, 4) is 0 Å². The van der Waals surface area contributed by atoms with Crippen LogP contribution in [0.1, 0.15) is 6.42 Å². The predicted octanol–water partition coefficient (Wildman–Crippen LogP) is 0.0905. The van der Waals surface area contributed by atoms with Crippen LogP contribution < -0.4 is 5.32 Å². The van der Waals surface area contributed by atoms with Gasteiger partial charge in [-0.2, -0.15) is 0 Å². The zero-order valence-corrected chi connectivity index (χ0v) is 12.9. The quantitative estimate of drug-likeness (QED) is 0.830. The van der Waals surface area contributed by atoms with E-state index >= 15 is 0 Å². The fourth-order valence-electron chi connectivity index (χ4n) is 2.40. The molecule has 1 unspecified atom stereocenters. The van der Waals surface area contributed by atoms with Crippen LogP contribution in [0.5, 0.6) is 0 Å². The molecule has 0 bridgehead atoms. The van der Waals surface area contributed by atoms with Crippen molar-refractivity contribution in [1.82, 2.24) is 19.2 Å². The molecule has 1 aromatic rings. The van der Waals surface area contributed by atoms with Crippen molar-refractivity contribution in [3.05, 3.63) is 12.4 Å². The lowest BCUT2D eigenvalue weighted by molar-refractivity contribution is 0.356. The molecular weight excluding hydrogens is 278 g/mol. The van der Waals surface area contributed by atoms with Crippen molar-refractivity contribution >= 4 is 16.0 Å². The van der Waals surface area contributed by atoms with Crippen LogP contribution in [-0.4, -0.2) is 68.4 Å². The van der Waals surface area contributed by atoms with Crippen LogP contribution in [-0.2, 0) is 10.0 Å². The maximum Gasteiger partial charge on any atom is 0.245 e. The number of hydrogen-bond acceptors (Lipinski definition) is 6. The summed E-state index contributed by atoms with van der Waals surface area (Å²) >= 11 is 0. The summed E-state index contributed by atoms with van der Waals surface area (Å²) in [5.41, 5.74) is 0. The van der Waals surface area contributed by atoms with Crippen LogP contribution in [0.4, 0.5) is 5.95 Å². The average Bonchev–Trinajstić information content (AvgIpc) is 2.84. The lowest BCUT2D eigenvalue weighted by Gasteiger charge is -2.20. The van der Waals surface area contributed by atoms with Crippen LogP contribution in [0.15, 0.2) is 17.3 Å². The maximum absolute atomic E-state index is 12.4. The van der Waals surface area contributed by atoms with Gasteiger partial charge in [-0.3, -0.25) is 0 Å². The van der Waals surface area contributed by atoms with Crippen LogP contribution in [0.3, 0.4) is 0 Å². The Labute approximate surface area is 120 Å². The van der Waals surface area contributed by atoms with Crippen molar-refractivity contribution < 1.29 is 8.42 Å². The molecule has 1 N–H and O–H groups in total. The molecule has 7 nitrogen and oxygen atoms in total. The summed E-state index contributed by atoms with van der Waals surface area (Å²) in [6, 6.07) is 0. The van der Waals surface area contributed by atoms with E-state index in [-0.39, 0.29) is 4.90 Å². The lowest BCUT2D eigenvalue weighted by atomic mass is 10.1. The van der Waals surface area contributed by atoms with Crippen LogP contribution in [0.2, 0.25) is 0 Å². The fraction of sp³-hybridized carbons (Fsp3) is 0.667. The summed E-state index contributed by atoms with van der Waals surface area (Å²) in [6.07, 6.45) is 3.71. The fourth-order valence-corrected chi connectivity index (χ4v) is 3.53. The smallest absolute Gasteiger partial charge is 0.245 e. The number of aromatic nitrogens is 2. The normalized spacial score (nSPS) is 20.5. The highest BCUT2D eigenvalue weighted by Crippen LogP contribution is 2.19. The molecule has 112 valence electrons. The molecule has 0 saturated carbocycles. The first-order valence-corrected chi connectivity index (χ1v) is 8.02. The van der Waals surface area contributed by atoms with Crippen LogP contribution in [0.25, 0.3) is 0 Å². The molecule has 0 aliphatic carbocycles. The van der Waals surface area contributed by atoms with Gasteiger partial charge in [-0.25, -0.2) is 22.7 Å². The summed E-state index contributed by atoms with van der Waals surface area (Å²) in [5, 5.41) is 2.76. The van der Waals surface area contributed by atoms with Gasteiger partial charge in [0.05, 0.1) is 12.4 Å². The molecule has 1 aromatic heterocycles. The molecular formula is C12H21N5O2S. The van der Waals surface area contributed by atoms with Crippen molar-refractivity contribution in [1.29, 1.82) is 0 Å². The Morgan fingerprint density at radius 2 is 2.10 bits per heavy atom. The Morgan fingerprint density at radius 3 is 2.60 bits per heavy atom. The molecule has 1 atom stereocenters. The highest BCUT2D eigenvalue weighted by Gasteiger charge is 2.27. The standard InChI is InChI=1S/C12H21N5O2S/c1-13-12-14-6-11(7-15-12)20(18,19)17(3)9-10-4-5-16(2)8-10/h6-7,10H,4-5,8-9H2,1-3H3,(H,13,14,15). The van der Waals surface area contributed by atoms with E-state index in [0.29, 0.717) is 18.4 Å². The van der Waals surface area contributed by atoms with E-state index in [4.69, 9.17) is 0 Å². The lowest BCUT2D eigenvalue weighted by Crippen LogP contribution is -2.33. The molecule has 8 heteroatoms. The highest BCUT2D eigenvalue weighted by atomic mass is 32.2. The third kappa shape index (κ3) is 3.25. The highest BCUT2D eigenvalue weighted by molar-refractivity contribution is 7.89. The second-order valence-corrected chi connectivity index (χ2v) is 7.24. The predicted molar refractivity (Wildman–Crippen MR) is 77.0 cm³/mol. The first-order chi connectivity index (χ1) is 9.43. The Balaban J connectivity index is 2.08. The van der Waals surface area contributed by atoms with Gasteiger partial charge in [0.1, 0.15) is 4.90 Å². The van der Waals surface area contributed by atoms with E-state index < -0.39 is 10.0 Å². The number of nitrogens with zero attached hydrogens (tertiary/aromatic N) is 4. The Morgan fingerprint density at radius 1 is 1.45 bits per heavy atom. The second kappa shape index (κ2) is 6.02. The number of nitrogens with one attached hydrogen (secondary N) is 1. The molecule has 1 fully saturated rings. The van der Waals surface area contributed by atoms with E-state index in [1.165, 1.54) is 16.7 Å². The van der Waals surface area contributed by atoms with Crippen molar-refractivity contribution in [2.75, 3.05) is 46.1 Å². The molecule has 0 radical (unpaired) electrons. The topological polar surface area (TPSA) is 78.4 Å². The molecule has 0 aromatic carbocycles. The molecule has 0 amide bonds. The molecule has 1 aliphatic rings. The van der Waals surface area contributed by atoms with E-state index in [9.17, 15) is 8.42 Å². The van der Waals surface area contributed by atoms with Gasteiger partial charge in [-0.15, -0.1) is 0 Å². The third-order valence-corrected chi connectivity index (χ3v) is 5.34. The molecule has 1 aliphatic heterocycles. The van der Waals surface area contributed by atoms with E-state index in [2.05, 4.69) is 27.2 Å². The van der Waals surface area contributed by atoms with E-state index in [1.54, 1.807) is 14.1 Å². The number of sulfonamides is 1. The van der Waals surface area contributed by atoms with Gasteiger partial charge >= 0.3 is 0 Å². The van der Waals surface area contributed by atoms with Gasteiger partial charge in [0.15, 0.2) is 0 Å². The van der Waals surface area contributed by atoms with Crippen LogP contribution in [0, 0.1) is 5.92 Å². The molecule has 20 heavy (non-hydrogen) atoms.